The third-order valence-corrected chi connectivity index (χ3v) is 8.64. The molecule has 0 amide bonds. The minimum Gasteiger partial charge on any atom is -0.396 e. The number of hydrogen-bond donors (Lipinski definition) is 2. The number of carbonyl (C=O) groups is 1. The summed E-state index contributed by atoms with van der Waals surface area (Å²) in [5.41, 5.74) is 1.54. The zero-order chi connectivity index (χ0) is 16.9. The molecule has 0 aromatic rings. The summed E-state index contributed by atoms with van der Waals surface area (Å²) in [6.45, 7) is 3.01. The fraction of sp³-hybridized carbons (Fsp3) is 0.857. The largest absolute Gasteiger partial charge is 0.396 e. The van der Waals surface area contributed by atoms with Crippen LogP contribution in [-0.2, 0) is 4.79 Å². The van der Waals surface area contributed by atoms with Gasteiger partial charge in [-0.15, -0.1) is 0 Å². The number of rotatable bonds is 3. The first-order valence-corrected chi connectivity index (χ1v) is 10.0. The first-order valence-electron chi connectivity index (χ1n) is 10.0. The molecule has 0 radical (unpaired) electrons. The van der Waals surface area contributed by atoms with Crippen molar-refractivity contribution in [2.24, 2.45) is 34.5 Å². The zero-order valence-corrected chi connectivity index (χ0v) is 15.0. The van der Waals surface area contributed by atoms with Crippen molar-refractivity contribution in [3.05, 3.63) is 11.6 Å². The van der Waals surface area contributed by atoms with Crippen molar-refractivity contribution in [3.8, 4) is 0 Å². The molecule has 0 aromatic carbocycles. The Morgan fingerprint density at radius 1 is 1.08 bits per heavy atom. The van der Waals surface area contributed by atoms with E-state index in [2.05, 4.69) is 6.92 Å². The van der Waals surface area contributed by atoms with Gasteiger partial charge in [-0.3, -0.25) is 4.79 Å². The molecule has 134 valence electrons. The predicted octanol–water partition coefficient (Wildman–Crippen LogP) is 3.49. The molecule has 0 unspecified atom stereocenters. The molecule has 4 rings (SSSR count). The Morgan fingerprint density at radius 3 is 2.67 bits per heavy atom. The fourth-order valence-electron chi connectivity index (χ4n) is 7.40. The summed E-state index contributed by atoms with van der Waals surface area (Å²) in [6.07, 6.45) is 11.5. The monoisotopic (exact) mass is 332 g/mol. The molecule has 0 aliphatic heterocycles. The number of aliphatic hydroxyl groups is 2. The molecule has 3 heteroatoms. The maximum atomic E-state index is 11.9. The Morgan fingerprint density at radius 2 is 1.92 bits per heavy atom. The van der Waals surface area contributed by atoms with Crippen LogP contribution < -0.4 is 0 Å². The van der Waals surface area contributed by atoms with E-state index in [0.29, 0.717) is 36.2 Å². The van der Waals surface area contributed by atoms with Gasteiger partial charge in [0.1, 0.15) is 0 Å². The summed E-state index contributed by atoms with van der Waals surface area (Å²) in [7, 11) is 0. The molecule has 6 atom stereocenters. The lowest BCUT2D eigenvalue weighted by molar-refractivity contribution is -0.119. The summed E-state index contributed by atoms with van der Waals surface area (Å²) in [6, 6.07) is 0. The van der Waals surface area contributed by atoms with Gasteiger partial charge in [0.15, 0.2) is 5.78 Å². The van der Waals surface area contributed by atoms with Crippen LogP contribution >= 0.6 is 0 Å². The molecule has 0 spiro atoms. The van der Waals surface area contributed by atoms with Gasteiger partial charge in [-0.25, -0.2) is 0 Å². The van der Waals surface area contributed by atoms with Gasteiger partial charge in [-0.2, -0.15) is 0 Å². The average Bonchev–Trinajstić information content (AvgIpc) is 2.91. The van der Waals surface area contributed by atoms with E-state index in [4.69, 9.17) is 0 Å². The van der Waals surface area contributed by atoms with E-state index in [9.17, 15) is 15.0 Å². The topological polar surface area (TPSA) is 57.5 Å². The summed E-state index contributed by atoms with van der Waals surface area (Å²) in [4.78, 5) is 11.9. The molecule has 0 bridgehead atoms. The maximum absolute atomic E-state index is 11.9. The van der Waals surface area contributed by atoms with Gasteiger partial charge in [0.2, 0.25) is 0 Å². The lowest BCUT2D eigenvalue weighted by Gasteiger charge is -2.58. The van der Waals surface area contributed by atoms with E-state index < -0.39 is 0 Å². The van der Waals surface area contributed by atoms with Gasteiger partial charge in [-0.1, -0.05) is 12.5 Å². The quantitative estimate of drug-likeness (QED) is 0.832. The summed E-state index contributed by atoms with van der Waals surface area (Å²) >= 11 is 0. The number of aliphatic hydroxyl groups excluding tert-OH is 2. The van der Waals surface area contributed by atoms with Gasteiger partial charge in [-0.05, 0) is 86.5 Å². The van der Waals surface area contributed by atoms with Crippen molar-refractivity contribution < 1.29 is 15.0 Å². The molecule has 0 heterocycles. The average molecular weight is 332 g/mol. The standard InChI is InChI=1S/C21H32O3/c1-20-9-7-19-17(18(20)5-3-14(20)8-11-22)4-2-15-12-16(24)6-10-21(15,19)13-23/h12,14,17-19,22-23H,2-11,13H2,1H3/t14-,17-,18-,19-,20+,21+/m0/s1. The third-order valence-electron chi connectivity index (χ3n) is 8.64. The van der Waals surface area contributed by atoms with E-state index in [1.807, 2.05) is 6.08 Å². The fourth-order valence-corrected chi connectivity index (χ4v) is 7.40. The van der Waals surface area contributed by atoms with Gasteiger partial charge in [0.25, 0.3) is 0 Å². The highest BCUT2D eigenvalue weighted by molar-refractivity contribution is 5.91. The highest BCUT2D eigenvalue weighted by Crippen LogP contribution is 2.66. The van der Waals surface area contributed by atoms with Crippen LogP contribution in [0.3, 0.4) is 0 Å². The number of carbonyl (C=O) groups excluding carboxylic acids is 1. The van der Waals surface area contributed by atoms with E-state index >= 15 is 0 Å². The van der Waals surface area contributed by atoms with Crippen molar-refractivity contribution in [2.45, 2.75) is 64.7 Å². The second-order valence-corrected chi connectivity index (χ2v) is 9.20. The van der Waals surface area contributed by atoms with Crippen LogP contribution in [0.4, 0.5) is 0 Å². The minimum absolute atomic E-state index is 0.104. The molecular formula is C21H32O3. The highest BCUT2D eigenvalue weighted by atomic mass is 16.3. The molecule has 3 fully saturated rings. The predicted molar refractivity (Wildman–Crippen MR) is 93.3 cm³/mol. The van der Waals surface area contributed by atoms with Gasteiger partial charge in [0.05, 0.1) is 6.61 Å². The van der Waals surface area contributed by atoms with E-state index in [1.54, 1.807) is 0 Å². The number of fused-ring (bicyclic) bond motifs is 5. The first kappa shape index (κ1) is 16.8. The van der Waals surface area contributed by atoms with E-state index in [0.717, 1.165) is 25.2 Å². The van der Waals surface area contributed by atoms with Crippen LogP contribution in [0.5, 0.6) is 0 Å². The molecule has 3 nitrogen and oxygen atoms in total. The molecule has 0 aromatic heterocycles. The smallest absolute Gasteiger partial charge is 0.155 e. The second kappa shape index (κ2) is 5.95. The second-order valence-electron chi connectivity index (χ2n) is 9.20. The molecule has 2 N–H and O–H groups in total. The molecule has 3 saturated carbocycles. The van der Waals surface area contributed by atoms with Crippen molar-refractivity contribution in [3.63, 3.8) is 0 Å². The zero-order valence-electron chi connectivity index (χ0n) is 15.0. The maximum Gasteiger partial charge on any atom is 0.155 e. The molecule has 24 heavy (non-hydrogen) atoms. The Labute approximate surface area is 145 Å². The van der Waals surface area contributed by atoms with E-state index in [-0.39, 0.29) is 17.8 Å². The number of ketones is 1. The lowest BCUT2D eigenvalue weighted by Crippen LogP contribution is -2.53. The van der Waals surface area contributed by atoms with E-state index in [1.165, 1.54) is 37.7 Å². The molecule has 0 saturated heterocycles. The van der Waals surface area contributed by atoms with Gasteiger partial charge in [0, 0.05) is 18.4 Å². The van der Waals surface area contributed by atoms with Crippen LogP contribution in [0.2, 0.25) is 0 Å². The molecule has 4 aliphatic carbocycles. The Balaban J connectivity index is 1.66. The first-order chi connectivity index (χ1) is 11.5. The number of hydrogen-bond acceptors (Lipinski definition) is 3. The Kier molecular flexibility index (Phi) is 4.16. The Bertz CT molecular complexity index is 553. The summed E-state index contributed by atoms with van der Waals surface area (Å²) in [5, 5.41) is 19.8. The summed E-state index contributed by atoms with van der Waals surface area (Å²) in [5.74, 6) is 2.93. The molecular weight excluding hydrogens is 300 g/mol. The molecule has 4 aliphatic rings. The van der Waals surface area contributed by atoms with Crippen molar-refractivity contribution in [2.75, 3.05) is 13.2 Å². The normalized spacial score (nSPS) is 47.6. The van der Waals surface area contributed by atoms with Crippen molar-refractivity contribution >= 4 is 5.78 Å². The minimum atomic E-state index is -0.104. The third kappa shape index (κ3) is 2.20. The summed E-state index contributed by atoms with van der Waals surface area (Å²) < 4.78 is 0. The van der Waals surface area contributed by atoms with Crippen LogP contribution in [0.1, 0.15) is 64.7 Å². The lowest BCUT2D eigenvalue weighted by atomic mass is 9.46. The van der Waals surface area contributed by atoms with Crippen LogP contribution in [0.25, 0.3) is 0 Å². The SMILES string of the molecule is C[C@]12CC[C@H]3[C@@H](CCC4=CC(=O)CC[C@@]43CO)[C@@H]1CC[C@H]2CCO. The van der Waals surface area contributed by atoms with Crippen LogP contribution in [0.15, 0.2) is 11.6 Å². The highest BCUT2D eigenvalue weighted by Gasteiger charge is 2.59. The van der Waals surface area contributed by atoms with Crippen molar-refractivity contribution in [1.82, 2.24) is 0 Å². The van der Waals surface area contributed by atoms with Gasteiger partial charge < -0.3 is 10.2 Å². The van der Waals surface area contributed by atoms with Crippen molar-refractivity contribution in [1.29, 1.82) is 0 Å². The van der Waals surface area contributed by atoms with Gasteiger partial charge >= 0.3 is 0 Å². The Hall–Kier alpha value is -0.670. The van der Waals surface area contributed by atoms with Crippen LogP contribution in [0, 0.1) is 34.5 Å². The van der Waals surface area contributed by atoms with Crippen LogP contribution in [-0.4, -0.2) is 29.2 Å².